The van der Waals surface area contributed by atoms with E-state index in [-0.39, 0.29) is 11.9 Å². The van der Waals surface area contributed by atoms with Gasteiger partial charge in [0.15, 0.2) is 0 Å². The first-order chi connectivity index (χ1) is 11.4. The minimum absolute atomic E-state index is 0.0841. The lowest BCUT2D eigenvalue weighted by Crippen LogP contribution is -2.49. The van der Waals surface area contributed by atoms with Crippen molar-refractivity contribution >= 4 is 11.6 Å². The molecular weight excluding hydrogens is 304 g/mol. The fourth-order valence-corrected chi connectivity index (χ4v) is 2.40. The minimum Gasteiger partial charge on any atom is -0.497 e. The van der Waals surface area contributed by atoms with Gasteiger partial charge in [-0.1, -0.05) is 6.92 Å². The van der Waals surface area contributed by atoms with Crippen molar-refractivity contribution in [1.82, 2.24) is 15.3 Å². The summed E-state index contributed by atoms with van der Waals surface area (Å²) in [5.74, 6) is 1.48. The number of ether oxygens (including phenoxy) is 1. The zero-order chi connectivity index (χ0) is 17.7. The van der Waals surface area contributed by atoms with Crippen molar-refractivity contribution < 1.29 is 9.53 Å². The molecule has 1 aromatic carbocycles. The van der Waals surface area contributed by atoms with Gasteiger partial charge in [-0.05, 0) is 51.5 Å². The molecule has 1 atom stereocenters. The van der Waals surface area contributed by atoms with Gasteiger partial charge >= 0.3 is 0 Å². The van der Waals surface area contributed by atoms with Crippen LogP contribution in [0, 0.1) is 6.92 Å². The number of amides is 1. The van der Waals surface area contributed by atoms with Crippen LogP contribution in [-0.2, 0) is 4.79 Å². The molecule has 0 aliphatic rings. The number of hydrogen-bond acceptors (Lipinski definition) is 4. The van der Waals surface area contributed by atoms with E-state index in [1.54, 1.807) is 13.3 Å². The maximum Gasteiger partial charge on any atom is 0.245 e. The van der Waals surface area contributed by atoms with E-state index in [2.05, 4.69) is 20.6 Å². The van der Waals surface area contributed by atoms with E-state index in [1.807, 2.05) is 52.0 Å². The summed E-state index contributed by atoms with van der Waals surface area (Å²) in [6.07, 6.45) is 2.53. The highest BCUT2D eigenvalue weighted by Crippen LogP contribution is 2.21. The summed E-state index contributed by atoms with van der Waals surface area (Å²) >= 11 is 0. The first-order valence-corrected chi connectivity index (χ1v) is 8.10. The normalized spacial score (nSPS) is 12.5. The Morgan fingerprint density at radius 2 is 2.00 bits per heavy atom. The molecular formula is C18H26N4O2. The van der Waals surface area contributed by atoms with Crippen LogP contribution in [-0.4, -0.2) is 28.5 Å². The van der Waals surface area contributed by atoms with Crippen LogP contribution in [0.15, 0.2) is 30.5 Å². The Balaban J connectivity index is 2.05. The number of methoxy groups -OCH3 is 1. The van der Waals surface area contributed by atoms with Gasteiger partial charge in [0.2, 0.25) is 5.91 Å². The minimum atomic E-state index is -0.760. The standard InChI is InChI=1S/C18H26N4O2/c1-6-15(16-19-11-12(2)20-16)21-17(23)18(3,4)22-13-7-9-14(24-5)10-8-13/h7-11,15,22H,6H2,1-5H3,(H,19,20)(H,21,23)/t15-/m1/s1. The fraction of sp³-hybridized carbons (Fsp3) is 0.444. The van der Waals surface area contributed by atoms with Gasteiger partial charge in [0.25, 0.3) is 0 Å². The van der Waals surface area contributed by atoms with Crippen LogP contribution >= 0.6 is 0 Å². The van der Waals surface area contributed by atoms with Gasteiger partial charge in [-0.3, -0.25) is 4.79 Å². The van der Waals surface area contributed by atoms with Crippen molar-refractivity contribution in [1.29, 1.82) is 0 Å². The third-order valence-electron chi connectivity index (χ3n) is 3.88. The molecule has 1 amide bonds. The predicted octanol–water partition coefficient (Wildman–Crippen LogP) is 3.18. The summed E-state index contributed by atoms with van der Waals surface area (Å²) in [6.45, 7) is 7.67. The van der Waals surface area contributed by atoms with Crippen LogP contribution in [0.25, 0.3) is 0 Å². The number of aromatic amines is 1. The first-order valence-electron chi connectivity index (χ1n) is 8.10. The molecule has 0 saturated heterocycles. The molecule has 0 spiro atoms. The molecule has 0 unspecified atom stereocenters. The Kier molecular flexibility index (Phi) is 5.49. The lowest BCUT2D eigenvalue weighted by Gasteiger charge is -2.28. The van der Waals surface area contributed by atoms with E-state index in [0.717, 1.165) is 29.4 Å². The Labute approximate surface area is 143 Å². The second-order valence-electron chi connectivity index (χ2n) is 6.36. The fourth-order valence-electron chi connectivity index (χ4n) is 2.40. The number of H-pyrrole nitrogens is 1. The van der Waals surface area contributed by atoms with Crippen LogP contribution in [0.2, 0.25) is 0 Å². The molecule has 1 heterocycles. The average molecular weight is 330 g/mol. The van der Waals surface area contributed by atoms with E-state index in [1.165, 1.54) is 0 Å². The Bertz CT molecular complexity index is 677. The number of carbonyl (C=O) groups is 1. The number of imidazole rings is 1. The van der Waals surface area contributed by atoms with Crippen molar-refractivity contribution in [2.45, 2.75) is 45.7 Å². The molecule has 6 heteroatoms. The van der Waals surface area contributed by atoms with Crippen molar-refractivity contribution in [3.63, 3.8) is 0 Å². The van der Waals surface area contributed by atoms with Gasteiger partial charge in [0.05, 0.1) is 13.2 Å². The van der Waals surface area contributed by atoms with Crippen LogP contribution in [0.3, 0.4) is 0 Å². The average Bonchev–Trinajstić information content (AvgIpc) is 2.99. The lowest BCUT2D eigenvalue weighted by molar-refractivity contribution is -0.125. The largest absolute Gasteiger partial charge is 0.497 e. The summed E-state index contributed by atoms with van der Waals surface area (Å²) < 4.78 is 5.15. The maximum atomic E-state index is 12.7. The Hall–Kier alpha value is -2.50. The zero-order valence-corrected chi connectivity index (χ0v) is 14.9. The van der Waals surface area contributed by atoms with Crippen LogP contribution < -0.4 is 15.4 Å². The summed E-state index contributed by atoms with van der Waals surface area (Å²) in [5.41, 5.74) is 1.08. The van der Waals surface area contributed by atoms with E-state index in [0.29, 0.717) is 0 Å². The molecule has 1 aromatic heterocycles. The van der Waals surface area contributed by atoms with Gasteiger partial charge in [-0.25, -0.2) is 4.98 Å². The quantitative estimate of drug-likeness (QED) is 0.728. The Morgan fingerprint density at radius 3 is 2.50 bits per heavy atom. The predicted molar refractivity (Wildman–Crippen MR) is 95.2 cm³/mol. The van der Waals surface area contributed by atoms with Crippen molar-refractivity contribution in [3.05, 3.63) is 42.0 Å². The summed E-state index contributed by atoms with van der Waals surface area (Å²) in [4.78, 5) is 20.2. The number of aromatic nitrogens is 2. The van der Waals surface area contributed by atoms with Crippen molar-refractivity contribution in [2.75, 3.05) is 12.4 Å². The zero-order valence-electron chi connectivity index (χ0n) is 14.9. The number of aryl methyl sites for hydroxylation is 1. The highest BCUT2D eigenvalue weighted by molar-refractivity contribution is 5.88. The van der Waals surface area contributed by atoms with Gasteiger partial charge in [-0.2, -0.15) is 0 Å². The molecule has 0 radical (unpaired) electrons. The third-order valence-corrected chi connectivity index (χ3v) is 3.88. The van der Waals surface area contributed by atoms with Crippen LogP contribution in [0.4, 0.5) is 5.69 Å². The number of nitrogens with one attached hydrogen (secondary N) is 3. The number of carbonyl (C=O) groups excluding carboxylic acids is 1. The van der Waals surface area contributed by atoms with E-state index >= 15 is 0 Å². The third kappa shape index (κ3) is 4.28. The SMILES string of the molecule is CC[C@@H](NC(=O)C(C)(C)Nc1ccc(OC)cc1)c1ncc(C)[nH]1. The molecule has 24 heavy (non-hydrogen) atoms. The van der Waals surface area contributed by atoms with E-state index < -0.39 is 5.54 Å². The second-order valence-corrected chi connectivity index (χ2v) is 6.36. The molecule has 0 aliphatic carbocycles. The molecule has 0 fully saturated rings. The number of nitrogens with zero attached hydrogens (tertiary/aromatic N) is 1. The summed E-state index contributed by atoms with van der Waals surface area (Å²) in [7, 11) is 1.63. The van der Waals surface area contributed by atoms with Crippen LogP contribution in [0.5, 0.6) is 5.75 Å². The number of hydrogen-bond donors (Lipinski definition) is 3. The van der Waals surface area contributed by atoms with Gasteiger partial charge < -0.3 is 20.4 Å². The van der Waals surface area contributed by atoms with Gasteiger partial charge in [0, 0.05) is 17.6 Å². The van der Waals surface area contributed by atoms with E-state index in [9.17, 15) is 4.79 Å². The molecule has 0 saturated carbocycles. The van der Waals surface area contributed by atoms with Crippen molar-refractivity contribution in [3.8, 4) is 5.75 Å². The van der Waals surface area contributed by atoms with Gasteiger partial charge in [0.1, 0.15) is 17.1 Å². The summed E-state index contributed by atoms with van der Waals surface area (Å²) in [6, 6.07) is 7.36. The first kappa shape index (κ1) is 17.8. The monoisotopic (exact) mass is 330 g/mol. The number of anilines is 1. The molecule has 2 rings (SSSR count). The van der Waals surface area contributed by atoms with Crippen molar-refractivity contribution in [2.24, 2.45) is 0 Å². The molecule has 130 valence electrons. The smallest absolute Gasteiger partial charge is 0.245 e. The molecule has 3 N–H and O–H groups in total. The molecule has 0 aliphatic heterocycles. The molecule has 2 aromatic rings. The van der Waals surface area contributed by atoms with Crippen LogP contribution in [0.1, 0.15) is 44.8 Å². The number of rotatable bonds is 7. The number of benzene rings is 1. The molecule has 6 nitrogen and oxygen atoms in total. The highest BCUT2D eigenvalue weighted by Gasteiger charge is 2.29. The Morgan fingerprint density at radius 1 is 1.33 bits per heavy atom. The lowest BCUT2D eigenvalue weighted by atomic mass is 10.0. The van der Waals surface area contributed by atoms with Gasteiger partial charge in [-0.15, -0.1) is 0 Å². The van der Waals surface area contributed by atoms with E-state index in [4.69, 9.17) is 4.74 Å². The molecule has 0 bridgehead atoms. The highest BCUT2D eigenvalue weighted by atomic mass is 16.5. The maximum absolute atomic E-state index is 12.7. The summed E-state index contributed by atoms with van der Waals surface area (Å²) in [5, 5.41) is 6.32. The second kappa shape index (κ2) is 7.38. The topological polar surface area (TPSA) is 79.0 Å².